The zero-order chi connectivity index (χ0) is 26.2. The maximum absolute atomic E-state index is 13.4. The molecule has 6 nitrogen and oxygen atoms in total. The highest BCUT2D eigenvalue weighted by Gasteiger charge is 2.16. The summed E-state index contributed by atoms with van der Waals surface area (Å²) in [5.74, 6) is -0.0442. The molecule has 0 aliphatic heterocycles. The summed E-state index contributed by atoms with van der Waals surface area (Å²) in [4.78, 5) is 31.2. The van der Waals surface area contributed by atoms with Crippen molar-refractivity contribution in [1.29, 1.82) is 0 Å². The van der Waals surface area contributed by atoms with Crippen LogP contribution in [0.25, 0.3) is 38.4 Å². The summed E-state index contributed by atoms with van der Waals surface area (Å²) in [6.45, 7) is 5.01. The van der Waals surface area contributed by atoms with E-state index < -0.39 is 0 Å². The van der Waals surface area contributed by atoms with Gasteiger partial charge in [-0.15, -0.1) is 0 Å². The summed E-state index contributed by atoms with van der Waals surface area (Å²) in [6.07, 6.45) is 0. The van der Waals surface area contributed by atoms with E-state index in [0.29, 0.717) is 16.1 Å². The molecule has 0 fully saturated rings. The van der Waals surface area contributed by atoms with Gasteiger partial charge in [-0.1, -0.05) is 59.8 Å². The van der Waals surface area contributed by atoms with Crippen molar-refractivity contribution in [1.82, 2.24) is 14.1 Å². The van der Waals surface area contributed by atoms with Crippen molar-refractivity contribution < 1.29 is 4.79 Å². The minimum atomic E-state index is -0.161. The van der Waals surface area contributed by atoms with Crippen molar-refractivity contribution in [2.45, 2.75) is 25.5 Å². The molecule has 0 aliphatic carbocycles. The molecule has 4 aromatic carbocycles. The van der Waals surface area contributed by atoms with Crippen molar-refractivity contribution in [3.63, 3.8) is 0 Å². The first-order valence-corrected chi connectivity index (χ1v) is 13.5. The van der Waals surface area contributed by atoms with Gasteiger partial charge in [0.15, 0.2) is 5.16 Å². The number of nitrogens with zero attached hydrogens (tertiary/aromatic N) is 3. The molecule has 0 saturated heterocycles. The highest BCUT2D eigenvalue weighted by Crippen LogP contribution is 2.31. The van der Waals surface area contributed by atoms with Gasteiger partial charge in [0.05, 0.1) is 22.3 Å². The molecule has 0 bridgehead atoms. The number of carbonyl (C=O) groups is 1. The van der Waals surface area contributed by atoms with Gasteiger partial charge in [0, 0.05) is 34.0 Å². The molecule has 0 radical (unpaired) electrons. The number of hydrogen-bond acceptors (Lipinski definition) is 4. The van der Waals surface area contributed by atoms with Crippen LogP contribution in [0.1, 0.15) is 12.5 Å². The Morgan fingerprint density at radius 1 is 0.868 bits per heavy atom. The number of hydrogen-bond donors (Lipinski definition) is 1. The average Bonchev–Trinajstić information content (AvgIpc) is 3.26. The third-order valence-electron chi connectivity index (χ3n) is 6.74. The predicted octanol–water partition coefficient (Wildman–Crippen LogP) is 6.55. The molecular formula is C31H26N4O2S. The molecule has 38 heavy (non-hydrogen) atoms. The van der Waals surface area contributed by atoms with Crippen molar-refractivity contribution in [3.05, 3.63) is 107 Å². The first-order chi connectivity index (χ1) is 18.5. The monoisotopic (exact) mass is 518 g/mol. The normalized spacial score (nSPS) is 11.4. The number of anilines is 1. The number of aryl methyl sites for hydroxylation is 2. The van der Waals surface area contributed by atoms with E-state index in [4.69, 9.17) is 4.98 Å². The van der Waals surface area contributed by atoms with Gasteiger partial charge in [-0.05, 0) is 62.4 Å². The van der Waals surface area contributed by atoms with Crippen LogP contribution >= 0.6 is 11.8 Å². The SMILES string of the molecule is CCn1c2ccccc2c2cc(NC(=O)CSc3nc4ccccc4c(=O)n3-c3ccc(C)cc3)ccc21. The third kappa shape index (κ3) is 4.25. The summed E-state index contributed by atoms with van der Waals surface area (Å²) in [5.41, 5.74) is 5.35. The fourth-order valence-corrected chi connectivity index (χ4v) is 5.74. The van der Waals surface area contributed by atoms with E-state index in [1.165, 1.54) is 17.3 Å². The number of para-hydroxylation sites is 2. The fraction of sp³-hybridized carbons (Fsp3) is 0.129. The molecule has 0 aliphatic rings. The van der Waals surface area contributed by atoms with E-state index in [2.05, 4.69) is 35.0 Å². The molecule has 6 rings (SSSR count). The second kappa shape index (κ2) is 9.84. The molecule has 188 valence electrons. The maximum atomic E-state index is 13.4. The lowest BCUT2D eigenvalue weighted by molar-refractivity contribution is -0.113. The topological polar surface area (TPSA) is 68.9 Å². The molecule has 1 amide bonds. The smallest absolute Gasteiger partial charge is 0.266 e. The molecule has 0 unspecified atom stereocenters. The van der Waals surface area contributed by atoms with Crippen LogP contribution < -0.4 is 10.9 Å². The molecule has 2 heterocycles. The van der Waals surface area contributed by atoms with Crippen LogP contribution in [0.3, 0.4) is 0 Å². The van der Waals surface area contributed by atoms with Crippen molar-refractivity contribution in [3.8, 4) is 5.69 Å². The lowest BCUT2D eigenvalue weighted by Gasteiger charge is -2.13. The largest absolute Gasteiger partial charge is 0.341 e. The van der Waals surface area contributed by atoms with Gasteiger partial charge in [-0.2, -0.15) is 0 Å². The number of fused-ring (bicyclic) bond motifs is 4. The van der Waals surface area contributed by atoms with Gasteiger partial charge < -0.3 is 9.88 Å². The van der Waals surface area contributed by atoms with Gasteiger partial charge in [0.25, 0.3) is 5.56 Å². The van der Waals surface area contributed by atoms with E-state index in [-0.39, 0.29) is 17.2 Å². The van der Waals surface area contributed by atoms with Crippen LogP contribution in [0.15, 0.2) is 101 Å². The minimum Gasteiger partial charge on any atom is -0.341 e. The van der Waals surface area contributed by atoms with Crippen LogP contribution in [0.5, 0.6) is 0 Å². The van der Waals surface area contributed by atoms with Crippen LogP contribution in [0, 0.1) is 6.92 Å². The number of carbonyl (C=O) groups excluding carboxylic acids is 1. The molecule has 6 aromatic rings. The van der Waals surface area contributed by atoms with Crippen molar-refractivity contribution in [2.24, 2.45) is 0 Å². The Kier molecular flexibility index (Phi) is 6.21. The second-order valence-electron chi connectivity index (χ2n) is 9.22. The predicted molar refractivity (Wildman–Crippen MR) is 157 cm³/mol. The van der Waals surface area contributed by atoms with E-state index in [0.717, 1.165) is 39.8 Å². The van der Waals surface area contributed by atoms with Crippen molar-refractivity contribution >= 4 is 56.1 Å². The molecule has 0 atom stereocenters. The van der Waals surface area contributed by atoms with Gasteiger partial charge >= 0.3 is 0 Å². The first-order valence-electron chi connectivity index (χ1n) is 12.6. The summed E-state index contributed by atoms with van der Waals surface area (Å²) in [5, 5.41) is 6.33. The van der Waals surface area contributed by atoms with Crippen LogP contribution in [-0.2, 0) is 11.3 Å². The Morgan fingerprint density at radius 3 is 2.37 bits per heavy atom. The zero-order valence-electron chi connectivity index (χ0n) is 21.1. The minimum absolute atomic E-state index is 0.116. The highest BCUT2D eigenvalue weighted by atomic mass is 32.2. The average molecular weight is 519 g/mol. The number of thioether (sulfide) groups is 1. The highest BCUT2D eigenvalue weighted by molar-refractivity contribution is 7.99. The molecule has 1 N–H and O–H groups in total. The standard InChI is InChI=1S/C31H26N4O2S/c1-3-34-27-11-7-5-8-23(27)25-18-21(14-17-28(25)34)32-29(36)19-38-31-33-26-10-6-4-9-24(26)30(37)35(31)22-15-12-20(2)13-16-22/h4-18H,3,19H2,1-2H3,(H,32,36). The Balaban J connectivity index is 1.30. The van der Waals surface area contributed by atoms with Gasteiger partial charge in [-0.25, -0.2) is 4.98 Å². The van der Waals surface area contributed by atoms with Gasteiger partial charge in [-0.3, -0.25) is 14.2 Å². The lowest BCUT2D eigenvalue weighted by Crippen LogP contribution is -2.23. The summed E-state index contributed by atoms with van der Waals surface area (Å²) in [7, 11) is 0. The lowest BCUT2D eigenvalue weighted by atomic mass is 10.1. The third-order valence-corrected chi connectivity index (χ3v) is 7.68. The quantitative estimate of drug-likeness (QED) is 0.200. The van der Waals surface area contributed by atoms with Crippen LogP contribution in [-0.4, -0.2) is 25.8 Å². The Morgan fingerprint density at radius 2 is 1.58 bits per heavy atom. The van der Waals surface area contributed by atoms with Gasteiger partial charge in [0.1, 0.15) is 0 Å². The molecule has 0 spiro atoms. The van der Waals surface area contributed by atoms with E-state index in [1.807, 2.05) is 73.7 Å². The number of aromatic nitrogens is 3. The number of nitrogens with one attached hydrogen (secondary N) is 1. The Labute approximate surface area is 223 Å². The molecule has 0 saturated carbocycles. The Bertz CT molecular complexity index is 1890. The van der Waals surface area contributed by atoms with E-state index in [9.17, 15) is 9.59 Å². The van der Waals surface area contributed by atoms with Crippen molar-refractivity contribution in [2.75, 3.05) is 11.1 Å². The fourth-order valence-electron chi connectivity index (χ4n) is 4.93. The zero-order valence-corrected chi connectivity index (χ0v) is 22.0. The summed E-state index contributed by atoms with van der Waals surface area (Å²) >= 11 is 1.25. The summed E-state index contributed by atoms with van der Waals surface area (Å²) < 4.78 is 3.87. The Hall–Kier alpha value is -4.36. The maximum Gasteiger partial charge on any atom is 0.266 e. The molecular weight excluding hydrogens is 492 g/mol. The number of amides is 1. The van der Waals surface area contributed by atoms with E-state index >= 15 is 0 Å². The second-order valence-corrected chi connectivity index (χ2v) is 10.2. The molecule has 7 heteroatoms. The van der Waals surface area contributed by atoms with Crippen LogP contribution in [0.4, 0.5) is 5.69 Å². The van der Waals surface area contributed by atoms with Gasteiger partial charge in [0.2, 0.25) is 5.91 Å². The molecule has 2 aromatic heterocycles. The number of benzene rings is 4. The first kappa shape index (κ1) is 24.0. The van der Waals surface area contributed by atoms with Crippen LogP contribution in [0.2, 0.25) is 0 Å². The summed E-state index contributed by atoms with van der Waals surface area (Å²) in [6, 6.07) is 29.4. The van der Waals surface area contributed by atoms with E-state index in [1.54, 1.807) is 10.6 Å². The number of rotatable bonds is 6.